The summed E-state index contributed by atoms with van der Waals surface area (Å²) in [5, 5.41) is 7.98. The lowest BCUT2D eigenvalue weighted by molar-refractivity contribution is -0.108. The third-order valence-electron chi connectivity index (χ3n) is 10.4. The number of piperazine rings is 1. The summed E-state index contributed by atoms with van der Waals surface area (Å²) >= 11 is 3.50. The monoisotopic (exact) mass is 632 g/mol. The van der Waals surface area contributed by atoms with Gasteiger partial charge in [0.25, 0.3) is 5.56 Å². The standard InChI is InChI=1S/C34H45BrN6O/c1-20-17-40(18-21(2)37-20)33(39-30-15-25-14-29(23(30)4)34(25,5)6)38-27-11-12-28-31(16-27)36-19-41(32(28)42)22(3)13-24-7-9-26(35)10-8-24/h7-12,16,19-23,25,29-30,37H,13-15,17-18H2,1-6H3,(H,38,39)/t20-,21+,22-,23-,25+,29+,30+/m1/s1. The van der Waals surface area contributed by atoms with E-state index in [1.54, 1.807) is 10.9 Å². The molecule has 2 bridgehead atoms. The molecule has 0 radical (unpaired) electrons. The van der Waals surface area contributed by atoms with Gasteiger partial charge in [0.1, 0.15) is 0 Å². The molecule has 7 atom stereocenters. The van der Waals surface area contributed by atoms with Gasteiger partial charge in [0.05, 0.1) is 23.3 Å². The van der Waals surface area contributed by atoms with Crippen molar-refractivity contribution in [2.45, 2.75) is 85.0 Å². The van der Waals surface area contributed by atoms with Crippen molar-refractivity contribution in [3.05, 3.63) is 69.2 Å². The van der Waals surface area contributed by atoms with Crippen LogP contribution in [0, 0.1) is 23.2 Å². The highest BCUT2D eigenvalue weighted by atomic mass is 79.9. The number of halogens is 1. The molecule has 3 aliphatic carbocycles. The van der Waals surface area contributed by atoms with E-state index in [2.05, 4.69) is 85.1 Å². The summed E-state index contributed by atoms with van der Waals surface area (Å²) in [6.45, 7) is 15.7. The first-order valence-electron chi connectivity index (χ1n) is 15.6. The topological polar surface area (TPSA) is 74.5 Å². The predicted molar refractivity (Wildman–Crippen MR) is 176 cm³/mol. The van der Waals surface area contributed by atoms with E-state index in [1.807, 2.05) is 30.3 Å². The molecule has 7 rings (SSSR count). The Morgan fingerprint density at radius 3 is 2.50 bits per heavy atom. The molecule has 224 valence electrons. The zero-order valence-corrected chi connectivity index (χ0v) is 27.4. The molecule has 1 aliphatic heterocycles. The fourth-order valence-corrected chi connectivity index (χ4v) is 8.12. The maximum absolute atomic E-state index is 13.5. The molecule has 0 spiro atoms. The van der Waals surface area contributed by atoms with Crippen LogP contribution in [0.25, 0.3) is 10.9 Å². The van der Waals surface area contributed by atoms with Crippen LogP contribution in [-0.2, 0) is 6.42 Å². The number of hydrogen-bond acceptors (Lipinski definition) is 4. The Labute approximate surface area is 258 Å². The van der Waals surface area contributed by atoms with Crippen molar-refractivity contribution in [1.82, 2.24) is 19.8 Å². The summed E-state index contributed by atoms with van der Waals surface area (Å²) in [6.07, 6.45) is 4.97. The number of nitrogens with one attached hydrogen (secondary N) is 2. The highest BCUT2D eigenvalue weighted by Crippen LogP contribution is 2.61. The number of hydrogen-bond donors (Lipinski definition) is 2. The predicted octanol–water partition coefficient (Wildman–Crippen LogP) is 6.48. The molecular weight excluding hydrogens is 588 g/mol. The van der Waals surface area contributed by atoms with Crippen molar-refractivity contribution in [1.29, 1.82) is 0 Å². The molecule has 8 heteroatoms. The number of aromatic nitrogens is 2. The van der Waals surface area contributed by atoms with Crippen LogP contribution in [0.2, 0.25) is 0 Å². The van der Waals surface area contributed by atoms with Gasteiger partial charge in [-0.05, 0) is 99.1 Å². The minimum atomic E-state index is -0.00678. The zero-order chi connectivity index (χ0) is 29.8. The van der Waals surface area contributed by atoms with E-state index >= 15 is 0 Å². The van der Waals surface area contributed by atoms with E-state index in [0.29, 0.717) is 40.4 Å². The van der Waals surface area contributed by atoms with E-state index in [-0.39, 0.29) is 11.6 Å². The third-order valence-corrected chi connectivity index (χ3v) is 10.9. The Kier molecular flexibility index (Phi) is 7.98. The molecular formula is C34H45BrN6O. The van der Waals surface area contributed by atoms with Gasteiger partial charge in [-0.2, -0.15) is 0 Å². The van der Waals surface area contributed by atoms with Gasteiger partial charge in [-0.3, -0.25) is 9.36 Å². The number of benzene rings is 2. The summed E-state index contributed by atoms with van der Waals surface area (Å²) in [4.78, 5) is 26.1. The molecule has 0 unspecified atom stereocenters. The first-order chi connectivity index (χ1) is 20.0. The van der Waals surface area contributed by atoms with Crippen LogP contribution in [0.1, 0.15) is 66.0 Å². The SMILES string of the molecule is C[C@H]1[C@@H](N=C(Nc2ccc3c(=O)n([C@H](C)Cc4ccc(Br)cc4)cnc3c2)N2C[C@@H](C)N[C@@H](C)C2)C[C@@H]2C[C@@H]1C2(C)C. The minimum absolute atomic E-state index is 0.00234. The van der Waals surface area contributed by atoms with Crippen molar-refractivity contribution in [2.24, 2.45) is 28.2 Å². The van der Waals surface area contributed by atoms with Gasteiger partial charge in [-0.1, -0.05) is 48.8 Å². The molecule has 2 heterocycles. The van der Waals surface area contributed by atoms with Crippen molar-refractivity contribution in [3.8, 4) is 0 Å². The normalized spacial score (nSPS) is 29.7. The highest BCUT2D eigenvalue weighted by molar-refractivity contribution is 9.10. The summed E-state index contributed by atoms with van der Waals surface area (Å²) in [5.41, 5.74) is 3.24. The molecule has 3 saturated carbocycles. The lowest BCUT2D eigenvalue weighted by Crippen LogP contribution is -2.59. The third kappa shape index (κ3) is 5.64. The molecule has 3 aromatic rings. The van der Waals surface area contributed by atoms with E-state index in [1.165, 1.54) is 12.0 Å². The molecule has 2 N–H and O–H groups in total. The van der Waals surface area contributed by atoms with Crippen molar-refractivity contribution < 1.29 is 0 Å². The van der Waals surface area contributed by atoms with Crippen LogP contribution in [0.5, 0.6) is 0 Å². The Hall–Kier alpha value is -2.71. The number of fused-ring (bicyclic) bond motifs is 3. The highest BCUT2D eigenvalue weighted by Gasteiger charge is 2.56. The quantitative estimate of drug-likeness (QED) is 0.249. The second kappa shape index (κ2) is 11.4. The van der Waals surface area contributed by atoms with Crippen LogP contribution >= 0.6 is 15.9 Å². The molecule has 1 aromatic heterocycles. The van der Waals surface area contributed by atoms with Crippen molar-refractivity contribution in [3.63, 3.8) is 0 Å². The van der Waals surface area contributed by atoms with E-state index in [4.69, 9.17) is 9.98 Å². The van der Waals surface area contributed by atoms with E-state index in [9.17, 15) is 4.79 Å². The van der Waals surface area contributed by atoms with Gasteiger partial charge >= 0.3 is 0 Å². The van der Waals surface area contributed by atoms with Crippen molar-refractivity contribution >= 4 is 38.5 Å². The Morgan fingerprint density at radius 2 is 1.83 bits per heavy atom. The first-order valence-corrected chi connectivity index (χ1v) is 16.4. The van der Waals surface area contributed by atoms with Gasteiger partial charge in [0.15, 0.2) is 5.96 Å². The first kappa shape index (κ1) is 29.4. The smallest absolute Gasteiger partial charge is 0.261 e. The molecule has 0 amide bonds. The van der Waals surface area contributed by atoms with E-state index in [0.717, 1.165) is 53.9 Å². The van der Waals surface area contributed by atoms with Crippen LogP contribution in [0.3, 0.4) is 0 Å². The lowest BCUT2D eigenvalue weighted by atomic mass is 9.45. The number of anilines is 1. The number of aliphatic imine (C=N–C) groups is 1. The molecule has 4 aliphatic rings. The van der Waals surface area contributed by atoms with Crippen LogP contribution in [0.4, 0.5) is 5.69 Å². The summed E-state index contributed by atoms with van der Waals surface area (Å²) in [5.74, 6) is 3.01. The molecule has 7 nitrogen and oxygen atoms in total. The average Bonchev–Trinajstić information content (AvgIpc) is 2.94. The second-order valence-corrected chi connectivity index (χ2v) is 14.8. The van der Waals surface area contributed by atoms with Gasteiger partial charge in [-0.25, -0.2) is 9.98 Å². The average molecular weight is 634 g/mol. The van der Waals surface area contributed by atoms with Crippen LogP contribution < -0.4 is 16.2 Å². The molecule has 2 aromatic carbocycles. The van der Waals surface area contributed by atoms with Crippen LogP contribution in [0.15, 0.2) is 63.1 Å². The summed E-state index contributed by atoms with van der Waals surface area (Å²) < 4.78 is 2.81. The maximum Gasteiger partial charge on any atom is 0.261 e. The molecule has 42 heavy (non-hydrogen) atoms. The van der Waals surface area contributed by atoms with Gasteiger partial charge in [-0.15, -0.1) is 0 Å². The Balaban J connectivity index is 1.26. The summed E-state index contributed by atoms with van der Waals surface area (Å²) in [7, 11) is 0. The maximum atomic E-state index is 13.5. The van der Waals surface area contributed by atoms with Gasteiger partial charge in [0, 0.05) is 41.4 Å². The second-order valence-electron chi connectivity index (χ2n) is 13.8. The minimum Gasteiger partial charge on any atom is -0.340 e. The fourth-order valence-electron chi connectivity index (χ4n) is 7.86. The van der Waals surface area contributed by atoms with Gasteiger partial charge in [0.2, 0.25) is 0 Å². The number of guanidine groups is 1. The lowest BCUT2D eigenvalue weighted by Gasteiger charge is -2.61. The largest absolute Gasteiger partial charge is 0.340 e. The van der Waals surface area contributed by atoms with E-state index < -0.39 is 0 Å². The zero-order valence-electron chi connectivity index (χ0n) is 25.8. The molecule has 1 saturated heterocycles. The van der Waals surface area contributed by atoms with Crippen LogP contribution in [-0.4, -0.2) is 51.6 Å². The fraction of sp³-hybridized carbons (Fsp3) is 0.559. The molecule has 4 fully saturated rings. The number of nitrogens with zero attached hydrogens (tertiary/aromatic N) is 4. The number of rotatable bonds is 5. The van der Waals surface area contributed by atoms with Crippen molar-refractivity contribution in [2.75, 3.05) is 18.4 Å². The Bertz CT molecular complexity index is 1520. The Morgan fingerprint density at radius 1 is 1.12 bits per heavy atom. The summed E-state index contributed by atoms with van der Waals surface area (Å²) in [6, 6.07) is 15.3. The van der Waals surface area contributed by atoms with Gasteiger partial charge < -0.3 is 15.5 Å².